The maximum atomic E-state index is 4.41. The Balaban J connectivity index is 2.05. The lowest BCUT2D eigenvalue weighted by molar-refractivity contribution is 0.462. The third-order valence-corrected chi connectivity index (χ3v) is 4.18. The van der Waals surface area contributed by atoms with Crippen molar-refractivity contribution in [3.63, 3.8) is 0 Å². The van der Waals surface area contributed by atoms with Crippen LogP contribution in [-0.2, 0) is 20.1 Å². The van der Waals surface area contributed by atoms with Gasteiger partial charge in [0, 0.05) is 59.4 Å². The van der Waals surface area contributed by atoms with Crippen LogP contribution in [0.2, 0.25) is 0 Å². The van der Waals surface area contributed by atoms with E-state index in [1.807, 2.05) is 7.05 Å². The van der Waals surface area contributed by atoms with Crippen molar-refractivity contribution in [2.75, 3.05) is 33.1 Å². The Labute approximate surface area is 145 Å². The predicted octanol–water partition coefficient (Wildman–Crippen LogP) is 2.61. The van der Waals surface area contributed by atoms with Crippen molar-refractivity contribution in [2.45, 2.75) is 20.0 Å². The first-order valence-electron chi connectivity index (χ1n) is 8.21. The second kappa shape index (κ2) is 7.90. The molecule has 0 aliphatic heterocycles. The molecule has 0 unspecified atom stereocenters. The summed E-state index contributed by atoms with van der Waals surface area (Å²) in [7, 11) is 10.1. The quantitative estimate of drug-likeness (QED) is 0.677. The Kier molecular flexibility index (Phi) is 5.90. The second-order valence-electron chi connectivity index (χ2n) is 6.39. The van der Waals surface area contributed by atoms with E-state index in [0.717, 1.165) is 19.0 Å². The largest absolute Gasteiger partial charge is 0.377 e. The molecule has 1 aromatic heterocycles. The molecule has 5 nitrogen and oxygen atoms in total. The number of hydrogen-bond donors (Lipinski definition) is 1. The lowest BCUT2D eigenvalue weighted by atomic mass is 10.1. The van der Waals surface area contributed by atoms with Crippen molar-refractivity contribution in [3.8, 4) is 0 Å². The molecule has 1 heterocycles. The van der Waals surface area contributed by atoms with Gasteiger partial charge in [-0.25, -0.2) is 0 Å². The van der Waals surface area contributed by atoms with Crippen molar-refractivity contribution in [1.82, 2.24) is 14.8 Å². The topological polar surface area (TPSA) is 35.8 Å². The molecule has 24 heavy (non-hydrogen) atoms. The first kappa shape index (κ1) is 17.9. The van der Waals surface area contributed by atoms with Crippen molar-refractivity contribution >= 4 is 11.6 Å². The first-order chi connectivity index (χ1) is 11.4. The number of benzene rings is 1. The van der Waals surface area contributed by atoms with Crippen LogP contribution in [0.1, 0.15) is 16.8 Å². The van der Waals surface area contributed by atoms with E-state index >= 15 is 0 Å². The maximum absolute atomic E-state index is 4.41. The number of aryl methyl sites for hydroxylation is 2. The Morgan fingerprint density at radius 3 is 2.54 bits per heavy atom. The number of nitrogens with one attached hydrogen (secondary N) is 1. The molecule has 0 spiro atoms. The fourth-order valence-electron chi connectivity index (χ4n) is 2.78. The zero-order valence-electron chi connectivity index (χ0n) is 15.7. The van der Waals surface area contributed by atoms with Crippen LogP contribution in [-0.4, -0.2) is 43.6 Å². The Morgan fingerprint density at radius 1 is 1.21 bits per heavy atom. The zero-order chi connectivity index (χ0) is 17.7. The van der Waals surface area contributed by atoms with Gasteiger partial charge in [-0.15, -0.1) is 0 Å². The summed E-state index contributed by atoms with van der Waals surface area (Å²) in [6, 6.07) is 10.7. The molecule has 0 bridgehead atoms. The minimum atomic E-state index is 0.748. The summed E-state index contributed by atoms with van der Waals surface area (Å²) in [5, 5.41) is 3.47. The van der Waals surface area contributed by atoms with Crippen molar-refractivity contribution in [3.05, 3.63) is 53.3 Å². The predicted molar refractivity (Wildman–Crippen MR) is 103 cm³/mol. The van der Waals surface area contributed by atoms with Gasteiger partial charge in [0.05, 0.1) is 6.54 Å². The smallest absolute Gasteiger partial charge is 0.194 e. The fourth-order valence-corrected chi connectivity index (χ4v) is 2.78. The number of rotatable bonds is 5. The molecular weight excluding hydrogens is 298 g/mol. The van der Waals surface area contributed by atoms with E-state index in [1.165, 1.54) is 22.5 Å². The van der Waals surface area contributed by atoms with E-state index in [9.17, 15) is 0 Å². The van der Waals surface area contributed by atoms with Gasteiger partial charge in [0.2, 0.25) is 0 Å². The molecule has 0 radical (unpaired) electrons. The minimum absolute atomic E-state index is 0.748. The average Bonchev–Trinajstić information content (AvgIpc) is 2.94. The Hall–Kier alpha value is -2.43. The van der Waals surface area contributed by atoms with E-state index in [1.54, 1.807) is 0 Å². The molecule has 1 aromatic carbocycles. The van der Waals surface area contributed by atoms with Crippen LogP contribution < -0.4 is 10.2 Å². The lowest BCUT2D eigenvalue weighted by Crippen LogP contribution is -2.38. The molecule has 1 N–H and O–H groups in total. The summed E-state index contributed by atoms with van der Waals surface area (Å²) >= 11 is 0. The highest BCUT2D eigenvalue weighted by atomic mass is 15.3. The van der Waals surface area contributed by atoms with E-state index in [0.29, 0.717) is 0 Å². The van der Waals surface area contributed by atoms with Gasteiger partial charge >= 0.3 is 0 Å². The number of hydrogen-bond acceptors (Lipinski definition) is 2. The molecule has 0 saturated heterocycles. The fraction of sp³-hybridized carbons (Fsp3) is 0.421. The monoisotopic (exact) mass is 327 g/mol. The van der Waals surface area contributed by atoms with E-state index in [4.69, 9.17) is 0 Å². The molecule has 2 aromatic rings. The van der Waals surface area contributed by atoms with Crippen molar-refractivity contribution in [2.24, 2.45) is 12.0 Å². The van der Waals surface area contributed by atoms with Crippen LogP contribution in [0.5, 0.6) is 0 Å². The van der Waals surface area contributed by atoms with Gasteiger partial charge < -0.3 is 19.7 Å². The van der Waals surface area contributed by atoms with Gasteiger partial charge in [-0.1, -0.05) is 12.1 Å². The van der Waals surface area contributed by atoms with Crippen LogP contribution in [0.4, 0.5) is 5.69 Å². The maximum Gasteiger partial charge on any atom is 0.194 e. The molecule has 0 atom stereocenters. The molecule has 0 amide bonds. The van der Waals surface area contributed by atoms with Gasteiger partial charge in [-0.2, -0.15) is 0 Å². The molecule has 130 valence electrons. The Morgan fingerprint density at radius 2 is 1.96 bits per heavy atom. The van der Waals surface area contributed by atoms with Gasteiger partial charge in [-0.05, 0) is 36.2 Å². The summed E-state index contributed by atoms with van der Waals surface area (Å²) in [5.41, 5.74) is 5.03. The highest BCUT2D eigenvalue weighted by molar-refractivity contribution is 5.79. The normalized spacial score (nSPS) is 11.5. The van der Waals surface area contributed by atoms with E-state index in [-0.39, 0.29) is 0 Å². The molecule has 0 fully saturated rings. The molecule has 0 aliphatic carbocycles. The Bertz CT molecular complexity index is 700. The van der Waals surface area contributed by atoms with Crippen LogP contribution in [0.25, 0.3) is 0 Å². The first-order valence-corrected chi connectivity index (χ1v) is 8.21. The molecule has 0 aliphatic rings. The van der Waals surface area contributed by atoms with E-state index in [2.05, 4.69) is 96.3 Å². The molecule has 2 rings (SSSR count). The molecular formula is C19H29N5. The standard InChI is InChI=1S/C19H29N5/c1-15-9-10-16(18(12-15)22(3)4)13-21-19(20-2)24(6)14-17-8-7-11-23(17)5/h7-12H,13-14H2,1-6H3,(H,20,21). The van der Waals surface area contributed by atoms with Crippen molar-refractivity contribution < 1.29 is 0 Å². The number of aliphatic imine (C=N–C) groups is 1. The van der Waals surface area contributed by atoms with Gasteiger partial charge in [0.15, 0.2) is 5.96 Å². The van der Waals surface area contributed by atoms with Crippen LogP contribution in [0.3, 0.4) is 0 Å². The van der Waals surface area contributed by atoms with Crippen molar-refractivity contribution in [1.29, 1.82) is 0 Å². The third-order valence-electron chi connectivity index (χ3n) is 4.18. The lowest BCUT2D eigenvalue weighted by Gasteiger charge is -2.24. The molecule has 5 heteroatoms. The highest BCUT2D eigenvalue weighted by Gasteiger charge is 2.10. The van der Waals surface area contributed by atoms with Gasteiger partial charge in [0.1, 0.15) is 0 Å². The zero-order valence-corrected chi connectivity index (χ0v) is 15.7. The third kappa shape index (κ3) is 4.31. The van der Waals surface area contributed by atoms with Crippen LogP contribution in [0.15, 0.2) is 41.5 Å². The number of aromatic nitrogens is 1. The van der Waals surface area contributed by atoms with Crippen LogP contribution >= 0.6 is 0 Å². The van der Waals surface area contributed by atoms with Gasteiger partial charge in [-0.3, -0.25) is 4.99 Å². The average molecular weight is 327 g/mol. The SMILES string of the molecule is CN=C(NCc1ccc(C)cc1N(C)C)N(C)Cc1cccn1C. The van der Waals surface area contributed by atoms with Crippen LogP contribution in [0, 0.1) is 6.92 Å². The second-order valence-corrected chi connectivity index (χ2v) is 6.39. The number of guanidine groups is 1. The number of nitrogens with zero attached hydrogens (tertiary/aromatic N) is 4. The summed E-state index contributed by atoms with van der Waals surface area (Å²) in [6.07, 6.45) is 2.06. The number of anilines is 1. The molecule has 0 saturated carbocycles. The van der Waals surface area contributed by atoms with Gasteiger partial charge in [0.25, 0.3) is 0 Å². The van der Waals surface area contributed by atoms with E-state index < -0.39 is 0 Å². The summed E-state index contributed by atoms with van der Waals surface area (Å²) in [5.74, 6) is 0.890. The highest BCUT2D eigenvalue weighted by Crippen LogP contribution is 2.20. The summed E-state index contributed by atoms with van der Waals surface area (Å²) in [4.78, 5) is 8.70. The summed E-state index contributed by atoms with van der Waals surface area (Å²) < 4.78 is 2.13. The summed E-state index contributed by atoms with van der Waals surface area (Å²) in [6.45, 7) is 3.69. The minimum Gasteiger partial charge on any atom is -0.377 e.